The summed E-state index contributed by atoms with van der Waals surface area (Å²) in [7, 11) is 0. The van der Waals surface area contributed by atoms with E-state index in [1.54, 1.807) is 6.07 Å². The molecule has 1 fully saturated rings. The average Bonchev–Trinajstić information content (AvgIpc) is 3.27. The maximum absolute atomic E-state index is 14.0. The van der Waals surface area contributed by atoms with Gasteiger partial charge in [-0.3, -0.25) is 4.79 Å². The Morgan fingerprint density at radius 3 is 2.59 bits per heavy atom. The number of anilines is 2. The van der Waals surface area contributed by atoms with E-state index in [-0.39, 0.29) is 17.6 Å². The number of nitrogens with one attached hydrogen (secondary N) is 1. The van der Waals surface area contributed by atoms with Crippen LogP contribution in [0.25, 0.3) is 10.2 Å². The van der Waals surface area contributed by atoms with Crippen LogP contribution in [0.4, 0.5) is 15.2 Å². The van der Waals surface area contributed by atoms with E-state index >= 15 is 0 Å². The molecule has 1 amide bonds. The van der Waals surface area contributed by atoms with Crippen LogP contribution in [0, 0.1) is 11.7 Å². The Hall–Kier alpha value is -3.45. The highest BCUT2D eigenvalue weighted by atomic mass is 32.1. The van der Waals surface area contributed by atoms with E-state index in [1.165, 1.54) is 17.4 Å². The fourth-order valence-corrected chi connectivity index (χ4v) is 4.89. The van der Waals surface area contributed by atoms with E-state index in [9.17, 15) is 9.18 Å². The van der Waals surface area contributed by atoms with Gasteiger partial charge >= 0.3 is 0 Å². The highest BCUT2D eigenvalue weighted by molar-refractivity contribution is 7.22. The molecule has 5 rings (SSSR count). The Morgan fingerprint density at radius 1 is 1.03 bits per heavy atom. The van der Waals surface area contributed by atoms with Crippen molar-refractivity contribution in [2.24, 2.45) is 5.92 Å². The molecule has 2 heterocycles. The lowest BCUT2D eigenvalue weighted by Gasteiger charge is -2.31. The molecule has 1 N–H and O–H groups in total. The molecule has 0 radical (unpaired) electrons. The number of aromatic nitrogens is 1. The molecule has 7 heteroatoms. The number of piperidine rings is 1. The molecule has 0 aliphatic carbocycles. The van der Waals surface area contributed by atoms with E-state index in [1.807, 2.05) is 60.7 Å². The van der Waals surface area contributed by atoms with Gasteiger partial charge in [0.1, 0.15) is 22.8 Å². The third-order valence-corrected chi connectivity index (χ3v) is 6.60. The fourth-order valence-electron chi connectivity index (χ4n) is 3.88. The zero-order valence-electron chi connectivity index (χ0n) is 17.3. The summed E-state index contributed by atoms with van der Waals surface area (Å²) in [4.78, 5) is 19.5. The molecule has 3 aromatic carbocycles. The summed E-state index contributed by atoms with van der Waals surface area (Å²) in [6, 6.07) is 21.9. The summed E-state index contributed by atoms with van der Waals surface area (Å²) in [5.74, 6) is 0.998. The number of carbonyl (C=O) groups excluding carboxylic acids is 1. The van der Waals surface area contributed by atoms with Crippen LogP contribution in [0.15, 0.2) is 72.8 Å². The Balaban J connectivity index is 1.22. The number of thiazole rings is 1. The summed E-state index contributed by atoms with van der Waals surface area (Å²) in [5, 5.41) is 3.78. The Bertz CT molecular complexity index is 1230. The summed E-state index contributed by atoms with van der Waals surface area (Å²) < 4.78 is 20.6. The minimum atomic E-state index is -0.309. The molecule has 5 nitrogen and oxygen atoms in total. The molecule has 162 valence electrons. The van der Waals surface area contributed by atoms with E-state index in [2.05, 4.69) is 15.2 Å². The van der Waals surface area contributed by atoms with Crippen molar-refractivity contribution in [3.05, 3.63) is 78.6 Å². The minimum Gasteiger partial charge on any atom is -0.457 e. The summed E-state index contributed by atoms with van der Waals surface area (Å²) in [5.41, 5.74) is 1.13. The maximum atomic E-state index is 14.0. The minimum absolute atomic E-state index is 0.0151. The monoisotopic (exact) mass is 447 g/mol. The number of nitrogens with zero attached hydrogens (tertiary/aromatic N) is 2. The van der Waals surface area contributed by atoms with Crippen LogP contribution < -0.4 is 15.0 Å². The highest BCUT2D eigenvalue weighted by Gasteiger charge is 2.27. The van der Waals surface area contributed by atoms with Crippen LogP contribution in [-0.4, -0.2) is 24.0 Å². The van der Waals surface area contributed by atoms with Crippen molar-refractivity contribution in [2.75, 3.05) is 23.3 Å². The molecule has 1 unspecified atom stereocenters. The Morgan fingerprint density at radius 2 is 1.81 bits per heavy atom. The lowest BCUT2D eigenvalue weighted by molar-refractivity contribution is -0.120. The molecule has 1 aliphatic rings. The van der Waals surface area contributed by atoms with Gasteiger partial charge in [0.25, 0.3) is 0 Å². The molecule has 4 aromatic rings. The molecule has 1 atom stereocenters. The van der Waals surface area contributed by atoms with E-state index in [4.69, 9.17) is 4.74 Å². The highest BCUT2D eigenvalue weighted by Crippen LogP contribution is 2.33. The van der Waals surface area contributed by atoms with Gasteiger partial charge in [-0.2, -0.15) is 0 Å². The van der Waals surface area contributed by atoms with Crippen molar-refractivity contribution >= 4 is 38.3 Å². The zero-order chi connectivity index (χ0) is 21.9. The predicted octanol–water partition coefficient (Wildman–Crippen LogP) is 6.08. The van der Waals surface area contributed by atoms with Crippen molar-refractivity contribution in [3.8, 4) is 11.5 Å². The topological polar surface area (TPSA) is 54.5 Å². The van der Waals surface area contributed by atoms with E-state index in [0.717, 1.165) is 40.7 Å². The van der Waals surface area contributed by atoms with Gasteiger partial charge in [-0.1, -0.05) is 35.6 Å². The molecular weight excluding hydrogens is 425 g/mol. The zero-order valence-corrected chi connectivity index (χ0v) is 18.1. The first-order chi connectivity index (χ1) is 15.7. The number of hydrogen-bond donors (Lipinski definition) is 1. The number of ether oxygens (including phenoxy) is 1. The van der Waals surface area contributed by atoms with E-state index < -0.39 is 0 Å². The first-order valence-electron chi connectivity index (χ1n) is 10.6. The SMILES string of the molecule is O=C(Nc1ccc(Oc2ccccc2)cc1)C1CCCN(c2nc3c(F)cccc3s2)C1. The van der Waals surface area contributed by atoms with Gasteiger partial charge in [-0.25, -0.2) is 9.37 Å². The molecule has 0 bridgehead atoms. The number of hydrogen-bond acceptors (Lipinski definition) is 5. The molecule has 32 heavy (non-hydrogen) atoms. The van der Waals surface area contributed by atoms with Crippen molar-refractivity contribution in [3.63, 3.8) is 0 Å². The van der Waals surface area contributed by atoms with Crippen LogP contribution in [0.1, 0.15) is 12.8 Å². The normalized spacial score (nSPS) is 16.2. The smallest absolute Gasteiger partial charge is 0.229 e. The first-order valence-corrected chi connectivity index (χ1v) is 11.4. The lowest BCUT2D eigenvalue weighted by atomic mass is 9.97. The van der Waals surface area contributed by atoms with Gasteiger partial charge in [-0.05, 0) is 61.4 Å². The Labute approximate surface area is 189 Å². The standard InChI is InChI=1S/C25H22FN3O2S/c26-21-9-4-10-22-23(21)28-25(32-22)29-15-5-6-17(16-29)24(30)27-18-11-13-20(14-12-18)31-19-7-2-1-3-8-19/h1-4,7-14,17H,5-6,15-16H2,(H,27,30). The van der Waals surface area contributed by atoms with Crippen LogP contribution in [0.5, 0.6) is 11.5 Å². The number of halogens is 1. The molecule has 0 saturated carbocycles. The largest absolute Gasteiger partial charge is 0.457 e. The molecule has 1 aromatic heterocycles. The fraction of sp³-hybridized carbons (Fsp3) is 0.200. The molecular formula is C25H22FN3O2S. The number of rotatable bonds is 5. The summed E-state index contributed by atoms with van der Waals surface area (Å²) >= 11 is 1.47. The second-order valence-electron chi connectivity index (χ2n) is 7.80. The van der Waals surface area contributed by atoms with Crippen LogP contribution in [0.3, 0.4) is 0 Å². The quantitative estimate of drug-likeness (QED) is 0.403. The van der Waals surface area contributed by atoms with Crippen molar-refractivity contribution in [2.45, 2.75) is 12.8 Å². The third kappa shape index (κ3) is 4.43. The second kappa shape index (κ2) is 8.96. The van der Waals surface area contributed by atoms with Crippen LogP contribution >= 0.6 is 11.3 Å². The van der Waals surface area contributed by atoms with Crippen molar-refractivity contribution in [1.29, 1.82) is 0 Å². The van der Waals surface area contributed by atoms with Gasteiger partial charge in [0.15, 0.2) is 5.13 Å². The first kappa shape index (κ1) is 20.5. The summed E-state index contributed by atoms with van der Waals surface area (Å²) in [6.07, 6.45) is 1.71. The van der Waals surface area contributed by atoms with Crippen LogP contribution in [0.2, 0.25) is 0 Å². The average molecular weight is 448 g/mol. The van der Waals surface area contributed by atoms with Crippen molar-refractivity contribution in [1.82, 2.24) is 4.98 Å². The van der Waals surface area contributed by atoms with Gasteiger partial charge < -0.3 is 15.0 Å². The van der Waals surface area contributed by atoms with Gasteiger partial charge in [0.05, 0.1) is 10.6 Å². The second-order valence-corrected chi connectivity index (χ2v) is 8.81. The summed E-state index contributed by atoms with van der Waals surface area (Å²) in [6.45, 7) is 1.39. The lowest BCUT2D eigenvalue weighted by Crippen LogP contribution is -2.40. The van der Waals surface area contributed by atoms with Gasteiger partial charge in [0.2, 0.25) is 5.91 Å². The number of fused-ring (bicyclic) bond motifs is 1. The van der Waals surface area contributed by atoms with Gasteiger partial charge in [0, 0.05) is 18.8 Å². The number of amides is 1. The number of para-hydroxylation sites is 2. The molecule has 1 aliphatic heterocycles. The van der Waals surface area contributed by atoms with E-state index in [0.29, 0.717) is 17.8 Å². The number of carbonyl (C=O) groups is 1. The number of benzene rings is 3. The van der Waals surface area contributed by atoms with Crippen LogP contribution in [-0.2, 0) is 4.79 Å². The van der Waals surface area contributed by atoms with Gasteiger partial charge in [-0.15, -0.1) is 0 Å². The van der Waals surface area contributed by atoms with Crippen molar-refractivity contribution < 1.29 is 13.9 Å². The molecule has 1 saturated heterocycles. The third-order valence-electron chi connectivity index (χ3n) is 5.52. The maximum Gasteiger partial charge on any atom is 0.229 e. The Kier molecular flexibility index (Phi) is 5.73. The molecule has 0 spiro atoms. The predicted molar refractivity (Wildman–Crippen MR) is 126 cm³/mol.